The Hall–Kier alpha value is -1.96. The molecule has 2 amide bonds. The number of benzene rings is 1. The fourth-order valence-corrected chi connectivity index (χ4v) is 3.57. The fourth-order valence-electron chi connectivity index (χ4n) is 3.57. The Morgan fingerprint density at radius 1 is 1.11 bits per heavy atom. The molecule has 4 rings (SSSR count). The van der Waals surface area contributed by atoms with Gasteiger partial charge in [0.2, 0.25) is 11.8 Å². The van der Waals surface area contributed by atoms with Crippen molar-refractivity contribution in [3.63, 3.8) is 0 Å². The van der Waals surface area contributed by atoms with Gasteiger partial charge in [-0.1, -0.05) is 37.3 Å². The number of hydrogen-bond donors (Lipinski definition) is 1. The van der Waals surface area contributed by atoms with Gasteiger partial charge in [0.05, 0.1) is 19.8 Å². The largest absolute Gasteiger partial charge is 0.345 e. The molecule has 0 spiro atoms. The van der Waals surface area contributed by atoms with Gasteiger partial charge in [0, 0.05) is 31.3 Å². The van der Waals surface area contributed by atoms with Crippen LogP contribution in [0, 0.1) is 5.41 Å². The third-order valence-electron chi connectivity index (χ3n) is 5.39. The lowest BCUT2D eigenvalue weighted by atomic mass is 9.91. The van der Waals surface area contributed by atoms with Crippen molar-refractivity contribution >= 4 is 11.8 Å². The summed E-state index contributed by atoms with van der Waals surface area (Å²) < 4.78 is 17.3. The molecule has 0 radical (unpaired) electrons. The van der Waals surface area contributed by atoms with E-state index < -0.39 is 12.0 Å². The third kappa shape index (κ3) is 4.54. The first-order chi connectivity index (χ1) is 13.2. The van der Waals surface area contributed by atoms with Crippen LogP contribution in [0.2, 0.25) is 0 Å². The molecule has 0 aromatic heterocycles. The Balaban J connectivity index is 1.56. The van der Waals surface area contributed by atoms with Crippen LogP contribution in [-0.4, -0.2) is 54.6 Å². The van der Waals surface area contributed by atoms with Crippen molar-refractivity contribution in [2.24, 2.45) is 5.41 Å². The van der Waals surface area contributed by atoms with Gasteiger partial charge in [-0.05, 0) is 19.4 Å². The molecule has 1 N–H and O–H groups in total. The van der Waals surface area contributed by atoms with E-state index in [1.54, 1.807) is 4.90 Å². The van der Waals surface area contributed by atoms with Crippen LogP contribution in [0.25, 0.3) is 0 Å². The predicted molar refractivity (Wildman–Crippen MR) is 103 cm³/mol. The minimum atomic E-state index is -1.22. The molecule has 7 nitrogen and oxygen atoms in total. The smallest absolute Gasteiger partial charge is 0.304 e. The molecule has 0 saturated carbocycles. The maximum Gasteiger partial charge on any atom is 0.304 e. The summed E-state index contributed by atoms with van der Waals surface area (Å²) in [5, 5.41) is 2.92. The number of hydrogen-bond acceptors (Lipinski definition) is 5. The second kappa shape index (κ2) is 8.19. The Kier molecular flexibility index (Phi) is 6.07. The van der Waals surface area contributed by atoms with Gasteiger partial charge < -0.3 is 24.4 Å². The molecule has 28 heavy (non-hydrogen) atoms. The number of rotatable bonds is 7. The molecule has 7 heteroatoms. The molecule has 3 saturated heterocycles. The zero-order chi connectivity index (χ0) is 20.4. The first kappa shape index (κ1) is 20.8. The summed E-state index contributed by atoms with van der Waals surface area (Å²) in [5.41, 5.74) is 0.902. The summed E-state index contributed by atoms with van der Waals surface area (Å²) in [6, 6.07) is 9.04. The average Bonchev–Trinajstić information content (AvgIpc) is 2.67. The lowest BCUT2D eigenvalue weighted by Gasteiger charge is -2.52. The lowest BCUT2D eigenvalue weighted by Crippen LogP contribution is -2.66. The van der Waals surface area contributed by atoms with Crippen molar-refractivity contribution in [3.8, 4) is 0 Å². The van der Waals surface area contributed by atoms with Gasteiger partial charge in [-0.2, -0.15) is 0 Å². The minimum Gasteiger partial charge on any atom is -0.345 e. The van der Waals surface area contributed by atoms with Crippen LogP contribution >= 0.6 is 0 Å². The first-order valence-electron chi connectivity index (χ1n) is 9.75. The Bertz CT molecular complexity index is 683. The molecular weight excluding hydrogens is 360 g/mol. The van der Waals surface area contributed by atoms with Crippen LogP contribution < -0.4 is 5.32 Å². The van der Waals surface area contributed by atoms with Gasteiger partial charge in [-0.25, -0.2) is 0 Å². The van der Waals surface area contributed by atoms with Crippen LogP contribution in [-0.2, 0) is 30.3 Å². The molecule has 1 unspecified atom stereocenters. The third-order valence-corrected chi connectivity index (χ3v) is 5.39. The maximum atomic E-state index is 12.6. The zero-order valence-electron chi connectivity index (χ0n) is 17.1. The van der Waals surface area contributed by atoms with Crippen molar-refractivity contribution in [2.75, 3.05) is 19.8 Å². The van der Waals surface area contributed by atoms with E-state index in [4.69, 9.17) is 14.2 Å². The first-order valence-corrected chi connectivity index (χ1v) is 9.75. The van der Waals surface area contributed by atoms with E-state index in [1.165, 1.54) is 6.92 Å². The minimum absolute atomic E-state index is 0.0651. The number of amides is 2. The molecule has 154 valence electrons. The van der Waals surface area contributed by atoms with Crippen molar-refractivity contribution in [1.82, 2.24) is 10.2 Å². The molecule has 1 aromatic rings. The summed E-state index contributed by atoms with van der Waals surface area (Å²) in [5.74, 6) is -1.46. The van der Waals surface area contributed by atoms with E-state index in [-0.39, 0.29) is 29.7 Å². The number of carbonyl (C=O) groups excluding carboxylic acids is 2. The SMILES string of the molecule is CC(=O)N(Cc1ccccc1)C(C)CC(=O)N[C@@H](C)C12OCC(C)(CO1)CO2. The van der Waals surface area contributed by atoms with Crippen LogP contribution in [0.3, 0.4) is 0 Å². The standard InChI is InChI=1S/C21H30N2O5/c1-15(23(17(3)24)11-18-8-6-5-7-9-18)10-19(25)22-16(2)21-26-12-20(4,13-27-21)14-28-21/h5-9,15-16H,10-14H2,1-4H3,(H,22,25)/t15?,16-,20?,21?/m0/s1. The summed E-state index contributed by atoms with van der Waals surface area (Å²) >= 11 is 0. The quantitative estimate of drug-likeness (QED) is 0.771. The molecule has 2 atom stereocenters. The molecule has 3 heterocycles. The number of fused-ring (bicyclic) bond motifs is 3. The molecule has 2 bridgehead atoms. The molecule has 0 aliphatic carbocycles. The van der Waals surface area contributed by atoms with E-state index in [0.717, 1.165) is 5.56 Å². The van der Waals surface area contributed by atoms with Gasteiger partial charge in [0.15, 0.2) is 0 Å². The van der Waals surface area contributed by atoms with E-state index in [0.29, 0.717) is 26.4 Å². The molecule has 3 aliphatic rings. The number of ether oxygens (including phenoxy) is 3. The average molecular weight is 390 g/mol. The molecule has 3 fully saturated rings. The summed E-state index contributed by atoms with van der Waals surface area (Å²) in [4.78, 5) is 26.4. The highest BCUT2D eigenvalue weighted by molar-refractivity contribution is 5.79. The molecular formula is C21H30N2O5. The number of nitrogens with zero attached hydrogens (tertiary/aromatic N) is 1. The number of carbonyl (C=O) groups is 2. The zero-order valence-corrected chi connectivity index (χ0v) is 17.1. The predicted octanol–water partition coefficient (Wildman–Crippen LogP) is 2.06. The van der Waals surface area contributed by atoms with Crippen LogP contribution in [0.15, 0.2) is 30.3 Å². The van der Waals surface area contributed by atoms with E-state index in [2.05, 4.69) is 5.32 Å². The summed E-state index contributed by atoms with van der Waals surface area (Å²) in [6.45, 7) is 9.35. The molecule has 1 aromatic carbocycles. The lowest BCUT2D eigenvalue weighted by molar-refractivity contribution is -0.472. The van der Waals surface area contributed by atoms with Crippen molar-refractivity contribution < 1.29 is 23.8 Å². The van der Waals surface area contributed by atoms with Crippen LogP contribution in [0.1, 0.15) is 39.7 Å². The highest BCUT2D eigenvalue weighted by Crippen LogP contribution is 2.39. The highest BCUT2D eigenvalue weighted by atomic mass is 16.9. The number of nitrogens with one attached hydrogen (secondary N) is 1. The fraction of sp³-hybridized carbons (Fsp3) is 0.619. The van der Waals surface area contributed by atoms with Crippen LogP contribution in [0.4, 0.5) is 0 Å². The van der Waals surface area contributed by atoms with Crippen LogP contribution in [0.5, 0.6) is 0 Å². The second-order valence-electron chi connectivity index (χ2n) is 8.26. The Labute approximate surface area is 166 Å². The van der Waals surface area contributed by atoms with Gasteiger partial charge in [-0.15, -0.1) is 0 Å². The van der Waals surface area contributed by atoms with Crippen molar-refractivity contribution in [3.05, 3.63) is 35.9 Å². The van der Waals surface area contributed by atoms with Crippen molar-refractivity contribution in [1.29, 1.82) is 0 Å². The van der Waals surface area contributed by atoms with Gasteiger partial charge in [0.25, 0.3) is 0 Å². The summed E-state index contributed by atoms with van der Waals surface area (Å²) in [7, 11) is 0. The van der Waals surface area contributed by atoms with Gasteiger partial charge in [0.1, 0.15) is 6.04 Å². The van der Waals surface area contributed by atoms with E-state index in [1.807, 2.05) is 51.1 Å². The highest BCUT2D eigenvalue weighted by Gasteiger charge is 2.54. The van der Waals surface area contributed by atoms with Gasteiger partial charge >= 0.3 is 5.97 Å². The van der Waals surface area contributed by atoms with E-state index >= 15 is 0 Å². The maximum absolute atomic E-state index is 12.6. The monoisotopic (exact) mass is 390 g/mol. The Morgan fingerprint density at radius 2 is 1.68 bits per heavy atom. The van der Waals surface area contributed by atoms with Crippen molar-refractivity contribution in [2.45, 2.75) is 58.7 Å². The topological polar surface area (TPSA) is 77.1 Å². The summed E-state index contributed by atoms with van der Waals surface area (Å²) in [6.07, 6.45) is 0.185. The second-order valence-corrected chi connectivity index (χ2v) is 8.26. The normalized spacial score (nSPS) is 28.4. The Morgan fingerprint density at radius 3 is 2.21 bits per heavy atom. The van der Waals surface area contributed by atoms with E-state index in [9.17, 15) is 9.59 Å². The molecule has 3 aliphatic heterocycles. The van der Waals surface area contributed by atoms with Gasteiger partial charge in [-0.3, -0.25) is 9.59 Å².